The molecule has 1 saturated heterocycles. The van der Waals surface area contributed by atoms with Crippen molar-refractivity contribution in [3.63, 3.8) is 0 Å². The highest BCUT2D eigenvalue weighted by Crippen LogP contribution is 2.06. The van der Waals surface area contributed by atoms with E-state index in [1.807, 2.05) is 0 Å². The first kappa shape index (κ1) is 13.0. The minimum Gasteiger partial charge on any atom is -0.481 e. The van der Waals surface area contributed by atoms with Gasteiger partial charge in [-0.25, -0.2) is 4.68 Å². The molecule has 18 heavy (non-hydrogen) atoms. The summed E-state index contributed by atoms with van der Waals surface area (Å²) in [4.78, 5) is 12.7. The summed E-state index contributed by atoms with van der Waals surface area (Å²) in [5, 5.41) is 16.5. The minimum atomic E-state index is -0.818. The van der Waals surface area contributed by atoms with E-state index in [9.17, 15) is 4.79 Å². The topological polar surface area (TPSA) is 80.5 Å². The Labute approximate surface area is 105 Å². The fourth-order valence-corrected chi connectivity index (χ4v) is 1.96. The van der Waals surface area contributed by atoms with Gasteiger partial charge in [-0.3, -0.25) is 4.79 Å². The van der Waals surface area contributed by atoms with E-state index in [2.05, 4.69) is 22.3 Å². The fourth-order valence-electron chi connectivity index (χ4n) is 1.96. The van der Waals surface area contributed by atoms with Crippen LogP contribution in [0.4, 0.5) is 0 Å². The molecule has 1 unspecified atom stereocenters. The molecule has 1 aromatic rings. The Morgan fingerprint density at radius 3 is 3.22 bits per heavy atom. The molecule has 1 aliphatic rings. The van der Waals surface area contributed by atoms with Crippen molar-refractivity contribution < 1.29 is 14.6 Å². The van der Waals surface area contributed by atoms with Crippen LogP contribution in [0.3, 0.4) is 0 Å². The van der Waals surface area contributed by atoms with E-state index in [0.29, 0.717) is 18.7 Å². The third-order valence-electron chi connectivity index (χ3n) is 2.91. The van der Waals surface area contributed by atoms with E-state index in [-0.39, 0.29) is 12.5 Å². The largest absolute Gasteiger partial charge is 0.481 e. The zero-order chi connectivity index (χ0) is 13.0. The molecule has 1 aliphatic heterocycles. The van der Waals surface area contributed by atoms with Crippen LogP contribution in [-0.2, 0) is 22.5 Å². The number of hydrogen-bond acceptors (Lipinski definition) is 5. The smallest absolute Gasteiger partial charge is 0.303 e. The third kappa shape index (κ3) is 3.78. The van der Waals surface area contributed by atoms with Gasteiger partial charge < -0.3 is 14.7 Å². The van der Waals surface area contributed by atoms with E-state index in [1.165, 1.54) is 0 Å². The molecule has 0 aromatic carbocycles. The van der Waals surface area contributed by atoms with Crippen molar-refractivity contribution in [1.29, 1.82) is 0 Å². The summed E-state index contributed by atoms with van der Waals surface area (Å²) in [6.45, 7) is 3.23. The zero-order valence-electron chi connectivity index (χ0n) is 10.4. The van der Waals surface area contributed by atoms with Crippen LogP contribution < -0.4 is 0 Å². The average Bonchev–Trinajstić information content (AvgIpc) is 2.74. The van der Waals surface area contributed by atoms with Gasteiger partial charge in [0, 0.05) is 25.7 Å². The number of nitrogens with zero attached hydrogens (tertiary/aromatic N) is 4. The molecule has 7 heteroatoms. The molecule has 0 bridgehead atoms. The molecule has 7 nitrogen and oxygen atoms in total. The number of carbonyl (C=O) groups is 1. The highest BCUT2D eigenvalue weighted by Gasteiger charge is 2.18. The van der Waals surface area contributed by atoms with Crippen LogP contribution in [0.1, 0.15) is 12.1 Å². The number of ether oxygens (including phenoxy) is 1. The van der Waals surface area contributed by atoms with Crippen molar-refractivity contribution in [3.8, 4) is 0 Å². The lowest BCUT2D eigenvalue weighted by molar-refractivity contribution is -0.136. The predicted octanol–water partition coefficient (Wildman–Crippen LogP) is -0.374. The summed E-state index contributed by atoms with van der Waals surface area (Å²) in [7, 11) is 2.06. The van der Waals surface area contributed by atoms with Crippen LogP contribution in [0, 0.1) is 0 Å². The first-order chi connectivity index (χ1) is 8.63. The molecule has 0 saturated carbocycles. The van der Waals surface area contributed by atoms with Crippen molar-refractivity contribution in [2.45, 2.75) is 25.5 Å². The van der Waals surface area contributed by atoms with Crippen molar-refractivity contribution in [3.05, 3.63) is 11.9 Å². The summed E-state index contributed by atoms with van der Waals surface area (Å²) in [6, 6.07) is 0. The summed E-state index contributed by atoms with van der Waals surface area (Å²) < 4.78 is 7.36. The number of aryl methyl sites for hydroxylation is 1. The van der Waals surface area contributed by atoms with Crippen LogP contribution in [-0.4, -0.2) is 63.8 Å². The molecular formula is C11H18N4O3. The van der Waals surface area contributed by atoms with Crippen LogP contribution in [0.5, 0.6) is 0 Å². The van der Waals surface area contributed by atoms with Gasteiger partial charge in [-0.15, -0.1) is 5.10 Å². The fraction of sp³-hybridized carbons (Fsp3) is 0.727. The van der Waals surface area contributed by atoms with Crippen molar-refractivity contribution >= 4 is 5.97 Å². The summed E-state index contributed by atoms with van der Waals surface area (Å²) in [5.74, 6) is -0.818. The number of aromatic nitrogens is 3. The molecule has 1 fully saturated rings. The average molecular weight is 254 g/mol. The Morgan fingerprint density at radius 2 is 2.50 bits per heavy atom. The van der Waals surface area contributed by atoms with E-state index in [1.54, 1.807) is 10.9 Å². The van der Waals surface area contributed by atoms with E-state index in [4.69, 9.17) is 9.84 Å². The van der Waals surface area contributed by atoms with Gasteiger partial charge in [-0.2, -0.15) is 0 Å². The molecule has 1 N–H and O–H groups in total. The predicted molar refractivity (Wildman–Crippen MR) is 63.2 cm³/mol. The first-order valence-corrected chi connectivity index (χ1v) is 6.04. The number of likely N-dealkylation sites (N-methyl/N-ethyl adjacent to an activating group) is 1. The highest BCUT2D eigenvalue weighted by atomic mass is 16.5. The standard InChI is InChI=1S/C11H18N4O3/c1-14-4-5-18-10(7-14)8-15-6-9(12-13-15)2-3-11(16)17/h6,10H,2-5,7-8H2,1H3,(H,16,17). The maximum atomic E-state index is 10.5. The lowest BCUT2D eigenvalue weighted by atomic mass is 10.2. The molecule has 0 radical (unpaired) electrons. The minimum absolute atomic E-state index is 0.0847. The molecule has 1 aromatic heterocycles. The summed E-state index contributed by atoms with van der Waals surface area (Å²) in [6.07, 6.45) is 2.42. The van der Waals surface area contributed by atoms with Crippen LogP contribution in [0.15, 0.2) is 6.20 Å². The molecule has 0 amide bonds. The second kappa shape index (κ2) is 5.92. The normalized spacial score (nSPS) is 21.1. The molecule has 100 valence electrons. The van der Waals surface area contributed by atoms with Crippen LogP contribution in [0.25, 0.3) is 0 Å². The van der Waals surface area contributed by atoms with Gasteiger partial charge in [0.15, 0.2) is 0 Å². The van der Waals surface area contributed by atoms with Gasteiger partial charge in [0.1, 0.15) is 0 Å². The Bertz CT molecular complexity index is 407. The number of aliphatic carboxylic acids is 1. The first-order valence-electron chi connectivity index (χ1n) is 6.04. The molecule has 2 heterocycles. The number of carboxylic acid groups (broad SMARTS) is 1. The van der Waals surface area contributed by atoms with Crippen LogP contribution in [0.2, 0.25) is 0 Å². The third-order valence-corrected chi connectivity index (χ3v) is 2.91. The summed E-state index contributed by atoms with van der Waals surface area (Å²) in [5.41, 5.74) is 0.710. The Morgan fingerprint density at radius 1 is 1.67 bits per heavy atom. The second-order valence-electron chi connectivity index (χ2n) is 4.58. The molecule has 0 spiro atoms. The highest BCUT2D eigenvalue weighted by molar-refractivity contribution is 5.66. The van der Waals surface area contributed by atoms with Crippen LogP contribution >= 0.6 is 0 Å². The number of hydrogen-bond donors (Lipinski definition) is 1. The molecular weight excluding hydrogens is 236 g/mol. The second-order valence-corrected chi connectivity index (χ2v) is 4.58. The quantitative estimate of drug-likeness (QED) is 0.772. The Balaban J connectivity index is 1.84. The van der Waals surface area contributed by atoms with Gasteiger partial charge in [-0.1, -0.05) is 5.21 Å². The summed E-state index contributed by atoms with van der Waals surface area (Å²) >= 11 is 0. The molecule has 1 atom stereocenters. The van der Waals surface area contributed by atoms with Gasteiger partial charge in [0.2, 0.25) is 0 Å². The van der Waals surface area contributed by atoms with Crippen molar-refractivity contribution in [2.75, 3.05) is 26.7 Å². The monoisotopic (exact) mass is 254 g/mol. The van der Waals surface area contributed by atoms with Gasteiger partial charge in [0.25, 0.3) is 0 Å². The number of carboxylic acids is 1. The maximum absolute atomic E-state index is 10.5. The molecule has 0 aliphatic carbocycles. The SMILES string of the molecule is CN1CCOC(Cn2cc(CCC(=O)O)nn2)C1. The lowest BCUT2D eigenvalue weighted by Crippen LogP contribution is -2.42. The van der Waals surface area contributed by atoms with Crippen molar-refractivity contribution in [2.24, 2.45) is 0 Å². The maximum Gasteiger partial charge on any atom is 0.303 e. The van der Waals surface area contributed by atoms with Gasteiger partial charge in [0.05, 0.1) is 31.4 Å². The van der Waals surface area contributed by atoms with E-state index >= 15 is 0 Å². The van der Waals surface area contributed by atoms with E-state index in [0.717, 1.165) is 19.7 Å². The molecule has 2 rings (SSSR count). The lowest BCUT2D eigenvalue weighted by Gasteiger charge is -2.29. The Kier molecular flexibility index (Phi) is 4.27. The zero-order valence-corrected chi connectivity index (χ0v) is 10.4. The van der Waals surface area contributed by atoms with E-state index < -0.39 is 5.97 Å². The Hall–Kier alpha value is -1.47. The van der Waals surface area contributed by atoms with Gasteiger partial charge in [-0.05, 0) is 7.05 Å². The van der Waals surface area contributed by atoms with Crippen molar-refractivity contribution in [1.82, 2.24) is 19.9 Å². The number of rotatable bonds is 5. The van der Waals surface area contributed by atoms with Gasteiger partial charge >= 0.3 is 5.97 Å². The number of morpholine rings is 1.